The van der Waals surface area contributed by atoms with E-state index in [1.807, 2.05) is 30.3 Å². The summed E-state index contributed by atoms with van der Waals surface area (Å²) in [5, 5.41) is 2.47. The van der Waals surface area contributed by atoms with Gasteiger partial charge in [0.2, 0.25) is 11.7 Å². The van der Waals surface area contributed by atoms with Crippen molar-refractivity contribution in [2.45, 2.75) is 33.3 Å². The van der Waals surface area contributed by atoms with Gasteiger partial charge in [-0.3, -0.25) is 14.4 Å². The molecule has 2 N–H and O–H groups in total. The van der Waals surface area contributed by atoms with Crippen LogP contribution in [0.1, 0.15) is 44.6 Å². The largest absolute Gasteiger partial charge is 0.465 e. The number of ether oxygens (including phenoxy) is 2. The maximum Gasteiger partial charge on any atom is 0.339 e. The molecule has 1 heterocycles. The quantitative estimate of drug-likeness (QED) is 0.517. The van der Waals surface area contributed by atoms with E-state index < -0.39 is 23.8 Å². The molecule has 0 aliphatic heterocycles. The van der Waals surface area contributed by atoms with Gasteiger partial charge in [0.15, 0.2) is 6.10 Å². The fourth-order valence-electron chi connectivity index (χ4n) is 2.91. The highest BCUT2D eigenvalue weighted by molar-refractivity contribution is 6.04. The molecule has 2 aromatic rings. The average Bonchev–Trinajstić information content (AvgIpc) is 3.00. The van der Waals surface area contributed by atoms with Crippen LogP contribution in [0.2, 0.25) is 0 Å². The number of hydrogen-bond donors (Lipinski definition) is 2. The van der Waals surface area contributed by atoms with Gasteiger partial charge in [0.25, 0.3) is 0 Å². The summed E-state index contributed by atoms with van der Waals surface area (Å²) in [7, 11) is 1.26. The van der Waals surface area contributed by atoms with Crippen molar-refractivity contribution in [3.8, 4) is 0 Å². The molecular weight excluding hydrogens is 376 g/mol. The Morgan fingerprint density at radius 3 is 2.38 bits per heavy atom. The fourth-order valence-corrected chi connectivity index (χ4v) is 2.91. The number of ketones is 1. The molecule has 2 rings (SSSR count). The first-order chi connectivity index (χ1) is 13.7. The van der Waals surface area contributed by atoms with E-state index in [1.54, 1.807) is 13.8 Å². The summed E-state index contributed by atoms with van der Waals surface area (Å²) in [5.41, 5.74) is 2.20. The number of amides is 1. The third kappa shape index (κ3) is 5.54. The van der Waals surface area contributed by atoms with Gasteiger partial charge in [0.1, 0.15) is 6.54 Å². The molecule has 29 heavy (non-hydrogen) atoms. The summed E-state index contributed by atoms with van der Waals surface area (Å²) < 4.78 is 9.84. The third-order valence-corrected chi connectivity index (χ3v) is 4.39. The lowest BCUT2D eigenvalue weighted by Crippen LogP contribution is -2.35. The van der Waals surface area contributed by atoms with Crippen molar-refractivity contribution in [3.05, 3.63) is 58.4 Å². The van der Waals surface area contributed by atoms with Crippen LogP contribution in [0.4, 0.5) is 0 Å². The van der Waals surface area contributed by atoms with Crippen LogP contribution in [0.25, 0.3) is 0 Å². The Morgan fingerprint density at radius 1 is 1.10 bits per heavy atom. The van der Waals surface area contributed by atoms with Gasteiger partial charge in [0, 0.05) is 5.69 Å². The topological polar surface area (TPSA) is 115 Å². The number of Topliss-reactive ketones (excluding diaryl/α,β-unsaturated/α-hetero) is 1. The van der Waals surface area contributed by atoms with Crippen LogP contribution < -0.4 is 5.32 Å². The van der Waals surface area contributed by atoms with E-state index in [-0.39, 0.29) is 30.1 Å². The predicted molar refractivity (Wildman–Crippen MR) is 105 cm³/mol. The number of aromatic amines is 1. The van der Waals surface area contributed by atoms with E-state index in [4.69, 9.17) is 9.47 Å². The molecule has 8 nitrogen and oxygen atoms in total. The Labute approximate surface area is 168 Å². The summed E-state index contributed by atoms with van der Waals surface area (Å²) in [6, 6.07) is 9.10. The van der Waals surface area contributed by atoms with E-state index in [0.29, 0.717) is 11.3 Å². The zero-order chi connectivity index (χ0) is 21.6. The van der Waals surface area contributed by atoms with Crippen molar-refractivity contribution in [3.63, 3.8) is 0 Å². The van der Waals surface area contributed by atoms with Gasteiger partial charge in [-0.15, -0.1) is 0 Å². The van der Waals surface area contributed by atoms with E-state index in [1.165, 1.54) is 14.0 Å². The Balaban J connectivity index is 1.91. The summed E-state index contributed by atoms with van der Waals surface area (Å²) in [6.07, 6.45) is -0.949. The van der Waals surface area contributed by atoms with Crippen molar-refractivity contribution >= 4 is 23.6 Å². The monoisotopic (exact) mass is 400 g/mol. The number of aryl methyl sites for hydroxylation is 1. The van der Waals surface area contributed by atoms with Crippen LogP contribution in [0.5, 0.6) is 0 Å². The minimum absolute atomic E-state index is 0.139. The second-order valence-electron chi connectivity index (χ2n) is 6.55. The third-order valence-electron chi connectivity index (χ3n) is 4.39. The molecule has 154 valence electrons. The van der Waals surface area contributed by atoms with Gasteiger partial charge >= 0.3 is 11.9 Å². The first kappa shape index (κ1) is 21.9. The zero-order valence-electron chi connectivity index (χ0n) is 16.8. The minimum atomic E-state index is -1.09. The number of carbonyl (C=O) groups is 4. The van der Waals surface area contributed by atoms with Crippen LogP contribution in [0, 0.1) is 13.8 Å². The molecule has 1 atom stereocenters. The first-order valence-electron chi connectivity index (χ1n) is 9.06. The molecule has 0 aliphatic carbocycles. The SMILES string of the molecule is COC(=O)c1c(C)[nH]c(C(=O)[C@@H](C)OC(=O)CNC(=O)Cc2ccccc2)c1C. The van der Waals surface area contributed by atoms with Crippen molar-refractivity contribution in [1.82, 2.24) is 10.3 Å². The zero-order valence-corrected chi connectivity index (χ0v) is 16.8. The molecule has 0 spiro atoms. The van der Waals surface area contributed by atoms with Gasteiger partial charge in [-0.1, -0.05) is 30.3 Å². The highest BCUT2D eigenvalue weighted by Gasteiger charge is 2.27. The molecule has 0 fully saturated rings. The van der Waals surface area contributed by atoms with Gasteiger partial charge in [-0.2, -0.15) is 0 Å². The molecule has 0 unspecified atom stereocenters. The van der Waals surface area contributed by atoms with Crippen LogP contribution in [0.3, 0.4) is 0 Å². The van der Waals surface area contributed by atoms with Crippen molar-refractivity contribution in [2.24, 2.45) is 0 Å². The summed E-state index contributed by atoms with van der Waals surface area (Å²) >= 11 is 0. The molecule has 8 heteroatoms. The summed E-state index contributed by atoms with van der Waals surface area (Å²) in [6.45, 7) is 4.34. The van der Waals surface area contributed by atoms with Gasteiger partial charge in [0.05, 0.1) is 24.8 Å². The lowest BCUT2D eigenvalue weighted by molar-refractivity contribution is -0.146. The molecule has 0 bridgehead atoms. The van der Waals surface area contributed by atoms with E-state index in [0.717, 1.165) is 5.56 Å². The van der Waals surface area contributed by atoms with E-state index in [9.17, 15) is 19.2 Å². The van der Waals surface area contributed by atoms with Crippen LogP contribution >= 0.6 is 0 Å². The summed E-state index contributed by atoms with van der Waals surface area (Å²) in [5.74, 6) is -2.10. The van der Waals surface area contributed by atoms with Gasteiger partial charge in [-0.25, -0.2) is 4.79 Å². The van der Waals surface area contributed by atoms with Crippen molar-refractivity contribution < 1.29 is 28.7 Å². The standard InChI is InChI=1S/C21H24N2O6/c1-12-18(21(27)28-4)13(2)23-19(12)20(26)14(3)29-17(25)11-22-16(24)10-15-8-6-5-7-9-15/h5-9,14,23H,10-11H2,1-4H3,(H,22,24)/t14-/m1/s1. The lowest BCUT2D eigenvalue weighted by Gasteiger charge is -2.13. The van der Waals surface area contributed by atoms with Crippen LogP contribution in [-0.4, -0.2) is 48.4 Å². The Kier molecular flexibility index (Phi) is 7.30. The van der Waals surface area contributed by atoms with Crippen molar-refractivity contribution in [2.75, 3.05) is 13.7 Å². The predicted octanol–water partition coefficient (Wildman–Crippen LogP) is 1.89. The number of hydrogen-bond acceptors (Lipinski definition) is 6. The molecule has 1 aromatic heterocycles. The van der Waals surface area contributed by atoms with E-state index >= 15 is 0 Å². The Bertz CT molecular complexity index is 917. The maximum atomic E-state index is 12.6. The number of nitrogens with one attached hydrogen (secondary N) is 2. The van der Waals surface area contributed by atoms with Gasteiger partial charge < -0.3 is 19.8 Å². The van der Waals surface area contributed by atoms with E-state index in [2.05, 4.69) is 10.3 Å². The molecule has 0 saturated carbocycles. The number of aromatic nitrogens is 1. The highest BCUT2D eigenvalue weighted by atomic mass is 16.5. The lowest BCUT2D eigenvalue weighted by atomic mass is 10.1. The second-order valence-corrected chi connectivity index (χ2v) is 6.55. The van der Waals surface area contributed by atoms with Crippen molar-refractivity contribution in [1.29, 1.82) is 0 Å². The Morgan fingerprint density at radius 2 is 1.76 bits per heavy atom. The molecule has 1 amide bonds. The second kappa shape index (κ2) is 9.68. The normalized spacial score (nSPS) is 11.4. The highest BCUT2D eigenvalue weighted by Crippen LogP contribution is 2.20. The molecule has 0 saturated heterocycles. The number of rotatable bonds is 8. The van der Waals surface area contributed by atoms with Gasteiger partial charge in [-0.05, 0) is 31.9 Å². The molecular formula is C21H24N2O6. The smallest absolute Gasteiger partial charge is 0.339 e. The number of carbonyl (C=O) groups excluding carboxylic acids is 4. The Hall–Kier alpha value is -3.42. The molecule has 0 aliphatic rings. The molecule has 1 aromatic carbocycles. The summed E-state index contributed by atoms with van der Waals surface area (Å²) in [4.78, 5) is 51.2. The maximum absolute atomic E-state index is 12.6. The van der Waals surface area contributed by atoms with Crippen LogP contribution in [0.15, 0.2) is 30.3 Å². The number of benzene rings is 1. The number of methoxy groups -OCH3 is 1. The number of esters is 2. The number of H-pyrrole nitrogens is 1. The average molecular weight is 400 g/mol. The fraction of sp³-hybridized carbons (Fsp3) is 0.333. The minimum Gasteiger partial charge on any atom is -0.465 e. The molecule has 0 radical (unpaired) electrons. The first-order valence-corrected chi connectivity index (χ1v) is 9.06. The van der Waals surface area contributed by atoms with Crippen LogP contribution in [-0.2, 0) is 25.5 Å².